The fourth-order valence-electron chi connectivity index (χ4n) is 0.807. The maximum absolute atomic E-state index is 11.8. The molecule has 1 saturated carbocycles. The van der Waals surface area contributed by atoms with Crippen LogP contribution in [0.4, 0.5) is 8.78 Å². The van der Waals surface area contributed by atoms with E-state index >= 15 is 0 Å². The second-order valence-electron chi connectivity index (χ2n) is 2.46. The number of hydrogen-bond acceptors (Lipinski definition) is 0. The average Bonchev–Trinajstić information content (AvgIpc) is 1.67. The molecule has 47 valence electrons. The van der Waals surface area contributed by atoms with Crippen LogP contribution in [0.5, 0.6) is 0 Å². The van der Waals surface area contributed by atoms with Crippen molar-refractivity contribution in [3.05, 3.63) is 6.42 Å². The molecule has 0 aliphatic heterocycles. The van der Waals surface area contributed by atoms with Gasteiger partial charge in [-0.1, -0.05) is 0 Å². The van der Waals surface area contributed by atoms with E-state index in [1.54, 1.807) is 0 Å². The lowest BCUT2D eigenvalue weighted by Gasteiger charge is -2.36. The zero-order valence-corrected chi connectivity index (χ0v) is 4.66. The van der Waals surface area contributed by atoms with Gasteiger partial charge in [-0.15, -0.1) is 0 Å². The van der Waals surface area contributed by atoms with Crippen molar-refractivity contribution in [2.24, 2.45) is 5.41 Å². The summed E-state index contributed by atoms with van der Waals surface area (Å²) in [6, 6.07) is 0. The Balaban J connectivity index is 2.33. The summed E-state index contributed by atoms with van der Waals surface area (Å²) in [7, 11) is 0. The van der Waals surface area contributed by atoms with Crippen LogP contribution < -0.4 is 0 Å². The summed E-state index contributed by atoms with van der Waals surface area (Å²) < 4.78 is 23.7. The molecule has 1 aliphatic carbocycles. The van der Waals surface area contributed by atoms with Gasteiger partial charge in [0.2, 0.25) is 0 Å². The van der Waals surface area contributed by atoms with Crippen LogP contribution in [0.1, 0.15) is 12.8 Å². The summed E-state index contributed by atoms with van der Waals surface area (Å²) in [6.45, 7) is -1.00. The van der Waals surface area contributed by atoms with Crippen LogP contribution >= 0.6 is 0 Å². The Morgan fingerprint density at radius 1 is 1.25 bits per heavy atom. The molecule has 8 heavy (non-hydrogen) atoms. The smallest absolute Gasteiger partial charge is 0.0975 e. The van der Waals surface area contributed by atoms with Gasteiger partial charge in [0.1, 0.15) is 0 Å². The molecule has 0 aromatic carbocycles. The summed E-state index contributed by atoms with van der Waals surface area (Å²) in [6.07, 6.45) is 3.17. The van der Waals surface area contributed by atoms with Crippen LogP contribution in [0, 0.1) is 11.8 Å². The molecule has 0 atom stereocenters. The van der Waals surface area contributed by atoms with Gasteiger partial charge in [-0.2, -0.15) is 0 Å². The van der Waals surface area contributed by atoms with E-state index in [0.29, 0.717) is 12.8 Å². The van der Waals surface area contributed by atoms with Gasteiger partial charge in [-0.05, 0) is 19.3 Å². The molecule has 0 saturated heterocycles. The highest BCUT2D eigenvalue weighted by Crippen LogP contribution is 2.40. The highest BCUT2D eigenvalue weighted by Gasteiger charge is 2.37. The zero-order chi connectivity index (χ0) is 6.04. The predicted molar refractivity (Wildman–Crippen MR) is 27.9 cm³/mol. The molecule has 0 N–H and O–H groups in total. The van der Waals surface area contributed by atoms with E-state index in [2.05, 4.69) is 0 Å². The van der Waals surface area contributed by atoms with Crippen LogP contribution in [0.3, 0.4) is 0 Å². The highest BCUT2D eigenvalue weighted by molar-refractivity contribution is 4.98. The van der Waals surface area contributed by atoms with E-state index in [1.165, 1.54) is 0 Å². The van der Waals surface area contributed by atoms with Crippen molar-refractivity contribution < 1.29 is 8.78 Å². The number of rotatable bonds is 2. The van der Waals surface area contributed by atoms with Gasteiger partial charge in [0.25, 0.3) is 0 Å². The maximum atomic E-state index is 11.8. The normalized spacial score (nSPS) is 24.8. The molecule has 0 aromatic rings. The lowest BCUT2D eigenvalue weighted by molar-refractivity contribution is 0.100. The molecule has 0 bridgehead atoms. The Labute approximate surface area is 47.9 Å². The van der Waals surface area contributed by atoms with Crippen molar-refractivity contribution in [1.82, 2.24) is 0 Å². The molecule has 0 amide bonds. The predicted octanol–water partition coefficient (Wildman–Crippen LogP) is 1.91. The van der Waals surface area contributed by atoms with Crippen molar-refractivity contribution in [1.29, 1.82) is 0 Å². The van der Waals surface area contributed by atoms with E-state index in [4.69, 9.17) is 0 Å². The summed E-state index contributed by atoms with van der Waals surface area (Å²) in [5.41, 5.74) is -0.583. The third-order valence-corrected chi connectivity index (χ3v) is 1.72. The van der Waals surface area contributed by atoms with Crippen LogP contribution in [0.2, 0.25) is 0 Å². The SMILES string of the molecule is FCC1(CF)C[CH]C1. The van der Waals surface area contributed by atoms with Crippen LogP contribution in [-0.2, 0) is 0 Å². The first-order valence-electron chi connectivity index (χ1n) is 2.77. The van der Waals surface area contributed by atoms with Gasteiger partial charge in [0, 0.05) is 5.41 Å². The van der Waals surface area contributed by atoms with E-state index in [-0.39, 0.29) is 0 Å². The topological polar surface area (TPSA) is 0 Å². The molecule has 1 radical (unpaired) electrons. The molecule has 1 fully saturated rings. The molecule has 0 nitrogen and oxygen atoms in total. The van der Waals surface area contributed by atoms with Gasteiger partial charge in [0.05, 0.1) is 13.3 Å². The largest absolute Gasteiger partial charge is 0.250 e. The second-order valence-corrected chi connectivity index (χ2v) is 2.46. The van der Waals surface area contributed by atoms with Crippen molar-refractivity contribution in [2.45, 2.75) is 12.8 Å². The summed E-state index contributed by atoms with van der Waals surface area (Å²) in [5.74, 6) is 0. The van der Waals surface area contributed by atoms with Crippen LogP contribution in [-0.4, -0.2) is 13.3 Å². The van der Waals surface area contributed by atoms with Gasteiger partial charge >= 0.3 is 0 Å². The molecule has 0 unspecified atom stereocenters. The Kier molecular flexibility index (Phi) is 1.49. The third-order valence-electron chi connectivity index (χ3n) is 1.72. The fourth-order valence-corrected chi connectivity index (χ4v) is 0.807. The Morgan fingerprint density at radius 3 is 1.75 bits per heavy atom. The zero-order valence-electron chi connectivity index (χ0n) is 4.66. The molecule has 1 rings (SSSR count). The molecule has 0 heterocycles. The van der Waals surface area contributed by atoms with Crippen LogP contribution in [0.15, 0.2) is 0 Å². The summed E-state index contributed by atoms with van der Waals surface area (Å²) >= 11 is 0. The maximum Gasteiger partial charge on any atom is 0.0975 e. The van der Waals surface area contributed by atoms with E-state index in [1.807, 2.05) is 6.42 Å². The van der Waals surface area contributed by atoms with Crippen molar-refractivity contribution in [2.75, 3.05) is 13.3 Å². The molecule has 1 aliphatic rings. The van der Waals surface area contributed by atoms with E-state index in [9.17, 15) is 8.78 Å². The molecular weight excluding hydrogens is 110 g/mol. The Bertz CT molecular complexity index is 63.1. The first-order chi connectivity index (χ1) is 3.83. The first kappa shape index (κ1) is 5.99. The van der Waals surface area contributed by atoms with E-state index < -0.39 is 18.8 Å². The molecule has 2 heteroatoms. The van der Waals surface area contributed by atoms with Gasteiger partial charge in [-0.25, -0.2) is 0 Å². The molecule has 0 spiro atoms. The van der Waals surface area contributed by atoms with Gasteiger partial charge in [-0.3, -0.25) is 8.78 Å². The standard InChI is InChI=1S/C6H9F2/c7-4-6(5-8)2-1-3-6/h1H,2-5H2. The van der Waals surface area contributed by atoms with Gasteiger partial charge in [0.15, 0.2) is 0 Å². The lowest BCUT2D eigenvalue weighted by Crippen LogP contribution is -2.34. The minimum Gasteiger partial charge on any atom is -0.250 e. The number of halogens is 2. The minimum absolute atomic E-state index is 0.500. The Hall–Kier alpha value is -0.140. The third kappa shape index (κ3) is 0.721. The van der Waals surface area contributed by atoms with Crippen molar-refractivity contribution in [3.63, 3.8) is 0 Å². The van der Waals surface area contributed by atoms with Crippen molar-refractivity contribution >= 4 is 0 Å². The first-order valence-corrected chi connectivity index (χ1v) is 2.77. The highest BCUT2D eigenvalue weighted by atomic mass is 19.1. The lowest BCUT2D eigenvalue weighted by atomic mass is 9.71. The number of alkyl halides is 2. The van der Waals surface area contributed by atoms with Crippen molar-refractivity contribution in [3.8, 4) is 0 Å². The summed E-state index contributed by atoms with van der Waals surface area (Å²) in [4.78, 5) is 0. The fraction of sp³-hybridized carbons (Fsp3) is 0.833. The van der Waals surface area contributed by atoms with E-state index in [0.717, 1.165) is 0 Å². The van der Waals surface area contributed by atoms with Crippen LogP contribution in [0.25, 0.3) is 0 Å². The second kappa shape index (κ2) is 2.00. The van der Waals surface area contributed by atoms with Gasteiger partial charge < -0.3 is 0 Å². The quantitative estimate of drug-likeness (QED) is 0.521. The average molecular weight is 119 g/mol. The molecular formula is C6H9F2. The number of hydrogen-bond donors (Lipinski definition) is 0. The minimum atomic E-state index is -0.583. The monoisotopic (exact) mass is 119 g/mol. The summed E-state index contributed by atoms with van der Waals surface area (Å²) in [5, 5.41) is 0. The molecule has 0 aromatic heterocycles. The Morgan fingerprint density at radius 2 is 1.75 bits per heavy atom.